The Morgan fingerprint density at radius 3 is 1.81 bits per heavy atom. The molecule has 0 fully saturated rings. The van der Waals surface area contributed by atoms with E-state index in [4.69, 9.17) is 0 Å². The molecule has 0 radical (unpaired) electrons. The highest BCUT2D eigenvalue weighted by Crippen LogP contribution is 2.17. The summed E-state index contributed by atoms with van der Waals surface area (Å²) in [6, 6.07) is 4.57. The lowest BCUT2D eigenvalue weighted by Gasteiger charge is -2.11. The lowest BCUT2D eigenvalue weighted by Crippen LogP contribution is -2.03. The number of hydrogen-bond acceptors (Lipinski definition) is 0. The normalized spacial score (nSPS) is 11.0. The first kappa shape index (κ1) is 18.7. The highest BCUT2D eigenvalue weighted by Gasteiger charge is 2.03. The Morgan fingerprint density at radius 2 is 1.24 bits per heavy atom. The maximum atomic E-state index is 2.84. The van der Waals surface area contributed by atoms with E-state index in [0.717, 1.165) is 0 Å². The van der Waals surface area contributed by atoms with Gasteiger partial charge in [-0.15, -0.1) is 9.24 Å². The van der Waals surface area contributed by atoms with Crippen LogP contribution in [0.1, 0.15) is 87.8 Å². The van der Waals surface area contributed by atoms with Gasteiger partial charge in [0.1, 0.15) is 0 Å². The Hall–Kier alpha value is -0.350. The number of benzene rings is 1. The van der Waals surface area contributed by atoms with Crippen molar-refractivity contribution in [2.75, 3.05) is 0 Å². The topological polar surface area (TPSA) is 0 Å². The average molecular weight is 306 g/mol. The first-order valence-electron chi connectivity index (χ1n) is 9.01. The molecule has 1 unspecified atom stereocenters. The largest absolute Gasteiger partial charge is 0.105 e. The molecule has 1 heteroatoms. The molecule has 1 rings (SSSR count). The quantitative estimate of drug-likeness (QED) is 0.334. The molecule has 1 aromatic rings. The van der Waals surface area contributed by atoms with Crippen molar-refractivity contribution < 1.29 is 0 Å². The maximum absolute atomic E-state index is 2.84. The maximum Gasteiger partial charge on any atom is -0.0271 e. The number of aryl methyl sites for hydroxylation is 1. The molecule has 0 amide bonds. The lowest BCUT2D eigenvalue weighted by atomic mass is 9.98. The third-order valence-corrected chi connectivity index (χ3v) is 5.37. The van der Waals surface area contributed by atoms with E-state index in [9.17, 15) is 0 Å². The molecule has 120 valence electrons. The van der Waals surface area contributed by atoms with E-state index in [2.05, 4.69) is 42.1 Å². The number of unbranched alkanes of at least 4 members (excludes halogenated alkanes) is 9. The summed E-state index contributed by atoms with van der Waals surface area (Å²) in [5.41, 5.74) is 4.50. The summed E-state index contributed by atoms with van der Waals surface area (Å²) in [4.78, 5) is 0. The van der Waals surface area contributed by atoms with Gasteiger partial charge in [-0.2, -0.15) is 0 Å². The summed E-state index contributed by atoms with van der Waals surface area (Å²) in [7, 11) is 2.84. The van der Waals surface area contributed by atoms with Crippen LogP contribution in [0, 0.1) is 13.8 Å². The summed E-state index contributed by atoms with van der Waals surface area (Å²) in [6.45, 7) is 6.80. The van der Waals surface area contributed by atoms with Crippen molar-refractivity contribution >= 4 is 14.5 Å². The van der Waals surface area contributed by atoms with Crippen molar-refractivity contribution in [2.24, 2.45) is 0 Å². The molecule has 0 N–H and O–H groups in total. The van der Waals surface area contributed by atoms with Gasteiger partial charge >= 0.3 is 0 Å². The molecule has 0 saturated carbocycles. The van der Waals surface area contributed by atoms with Gasteiger partial charge in [0.05, 0.1) is 0 Å². The first-order chi connectivity index (χ1) is 10.2. The fourth-order valence-corrected chi connectivity index (χ4v) is 3.28. The molecule has 0 heterocycles. The van der Waals surface area contributed by atoms with E-state index in [-0.39, 0.29) is 0 Å². The second kappa shape index (κ2) is 11.2. The van der Waals surface area contributed by atoms with E-state index in [1.165, 1.54) is 87.1 Å². The van der Waals surface area contributed by atoms with E-state index in [0.29, 0.717) is 0 Å². The molecule has 0 spiro atoms. The van der Waals surface area contributed by atoms with Crippen molar-refractivity contribution in [1.82, 2.24) is 0 Å². The lowest BCUT2D eigenvalue weighted by molar-refractivity contribution is 0.556. The van der Waals surface area contributed by atoms with Crippen LogP contribution in [0.25, 0.3) is 0 Å². The zero-order valence-corrected chi connectivity index (χ0v) is 15.7. The van der Waals surface area contributed by atoms with E-state index in [1.807, 2.05) is 0 Å². The Kier molecular flexibility index (Phi) is 10.0. The van der Waals surface area contributed by atoms with Gasteiger partial charge in [0, 0.05) is 0 Å². The van der Waals surface area contributed by atoms with Crippen molar-refractivity contribution in [1.29, 1.82) is 0 Å². The van der Waals surface area contributed by atoms with Gasteiger partial charge in [0.25, 0.3) is 0 Å². The van der Waals surface area contributed by atoms with Crippen molar-refractivity contribution in [3.05, 3.63) is 28.8 Å². The minimum atomic E-state index is 1.26. The van der Waals surface area contributed by atoms with E-state index >= 15 is 0 Å². The Bertz CT molecular complexity index is 395. The van der Waals surface area contributed by atoms with Crippen LogP contribution in [0.2, 0.25) is 0 Å². The van der Waals surface area contributed by atoms with Gasteiger partial charge in [-0.3, -0.25) is 0 Å². The zero-order chi connectivity index (χ0) is 15.5. The Morgan fingerprint density at radius 1 is 0.714 bits per heavy atom. The first-order valence-corrected chi connectivity index (χ1v) is 9.59. The molecule has 0 nitrogen and oxygen atoms in total. The van der Waals surface area contributed by atoms with Gasteiger partial charge in [-0.1, -0.05) is 76.8 Å². The van der Waals surface area contributed by atoms with E-state index in [1.54, 1.807) is 5.56 Å². The molecule has 1 atom stereocenters. The van der Waals surface area contributed by atoms with Crippen LogP contribution in [0.4, 0.5) is 0 Å². The molecule has 0 aliphatic rings. The summed E-state index contributed by atoms with van der Waals surface area (Å²) >= 11 is 0. The van der Waals surface area contributed by atoms with Crippen molar-refractivity contribution in [3.63, 3.8) is 0 Å². The SMILES string of the molecule is CCCCCCCCCCCCc1ccc(P)c(C)c1C. The minimum Gasteiger partial charge on any atom is -0.105 e. The van der Waals surface area contributed by atoms with Crippen LogP contribution in [0.15, 0.2) is 12.1 Å². The number of hydrogen-bond donors (Lipinski definition) is 0. The fraction of sp³-hybridized carbons (Fsp3) is 0.700. The molecule has 0 aliphatic carbocycles. The fourth-order valence-electron chi connectivity index (χ4n) is 2.97. The van der Waals surface area contributed by atoms with Crippen LogP contribution >= 0.6 is 9.24 Å². The molecular weight excluding hydrogens is 271 g/mol. The van der Waals surface area contributed by atoms with Crippen LogP contribution < -0.4 is 5.30 Å². The van der Waals surface area contributed by atoms with Crippen LogP contribution in [-0.4, -0.2) is 0 Å². The predicted octanol–water partition coefficient (Wildman–Crippen LogP) is 6.27. The molecule has 0 aromatic heterocycles. The van der Waals surface area contributed by atoms with Gasteiger partial charge in [-0.25, -0.2) is 0 Å². The molecule has 21 heavy (non-hydrogen) atoms. The molecule has 0 aliphatic heterocycles. The minimum absolute atomic E-state index is 1.26. The second-order valence-electron chi connectivity index (χ2n) is 6.50. The van der Waals surface area contributed by atoms with Gasteiger partial charge in [0.2, 0.25) is 0 Å². The highest BCUT2D eigenvalue weighted by atomic mass is 31.0. The number of rotatable bonds is 11. The zero-order valence-electron chi connectivity index (χ0n) is 14.5. The molecule has 0 saturated heterocycles. The molecule has 0 bridgehead atoms. The van der Waals surface area contributed by atoms with E-state index < -0.39 is 0 Å². The van der Waals surface area contributed by atoms with Gasteiger partial charge < -0.3 is 0 Å². The van der Waals surface area contributed by atoms with Crippen molar-refractivity contribution in [2.45, 2.75) is 91.4 Å². The summed E-state index contributed by atoms with van der Waals surface area (Å²) in [5.74, 6) is 0. The average Bonchev–Trinajstić information content (AvgIpc) is 2.49. The second-order valence-corrected chi connectivity index (χ2v) is 7.12. The van der Waals surface area contributed by atoms with Crippen LogP contribution in [-0.2, 0) is 6.42 Å². The third kappa shape index (κ3) is 7.46. The highest BCUT2D eigenvalue weighted by molar-refractivity contribution is 7.27. The summed E-state index contributed by atoms with van der Waals surface area (Å²) in [5, 5.41) is 1.35. The molecule has 1 aromatic carbocycles. The monoisotopic (exact) mass is 306 g/mol. The Labute approximate surface area is 135 Å². The Balaban J connectivity index is 2.06. The van der Waals surface area contributed by atoms with Crippen LogP contribution in [0.3, 0.4) is 0 Å². The smallest absolute Gasteiger partial charge is 0.0271 e. The predicted molar refractivity (Wildman–Crippen MR) is 101 cm³/mol. The summed E-state index contributed by atoms with van der Waals surface area (Å²) < 4.78 is 0. The third-order valence-electron chi connectivity index (χ3n) is 4.74. The van der Waals surface area contributed by atoms with Gasteiger partial charge in [0.15, 0.2) is 0 Å². The van der Waals surface area contributed by atoms with Gasteiger partial charge in [-0.05, 0) is 48.7 Å². The van der Waals surface area contributed by atoms with Crippen LogP contribution in [0.5, 0.6) is 0 Å². The van der Waals surface area contributed by atoms with Crippen molar-refractivity contribution in [3.8, 4) is 0 Å². The summed E-state index contributed by atoms with van der Waals surface area (Å²) in [6.07, 6.45) is 15.5. The standard InChI is InChI=1S/C20H35P/c1-4-5-6-7-8-9-10-11-12-13-14-19-15-16-20(21)18(3)17(19)2/h15-16H,4-14,21H2,1-3H3. The molecular formula is C20H35P.